The van der Waals surface area contributed by atoms with Crippen molar-refractivity contribution in [2.75, 3.05) is 46.2 Å². The lowest BCUT2D eigenvalue weighted by Gasteiger charge is -2.42. The van der Waals surface area contributed by atoms with E-state index in [2.05, 4.69) is 0 Å². The molecule has 3 rings (SSSR count). The third-order valence-corrected chi connectivity index (χ3v) is 4.54. The molecule has 3 heterocycles. The summed E-state index contributed by atoms with van der Waals surface area (Å²) < 4.78 is 15.4. The van der Waals surface area contributed by atoms with Gasteiger partial charge in [-0.25, -0.2) is 0 Å². The van der Waals surface area contributed by atoms with Crippen LogP contribution in [-0.4, -0.2) is 66.7 Å². The molecule has 0 aromatic carbocycles. The van der Waals surface area contributed by atoms with Gasteiger partial charge in [-0.05, 0) is 6.42 Å². The maximum absolute atomic E-state index is 8.93. The molecule has 8 heteroatoms. The first-order valence-corrected chi connectivity index (χ1v) is 7.31. The van der Waals surface area contributed by atoms with Gasteiger partial charge in [-0.3, -0.25) is 0 Å². The highest BCUT2D eigenvalue weighted by Crippen LogP contribution is 2.52. The molecule has 0 saturated carbocycles. The summed E-state index contributed by atoms with van der Waals surface area (Å²) in [6, 6.07) is 0. The molecule has 0 unspecified atom stereocenters. The van der Waals surface area contributed by atoms with E-state index >= 15 is 0 Å². The largest absolute Gasteiger partial charge is 0.396 e. The predicted octanol–water partition coefficient (Wildman–Crippen LogP) is -0.371. The molecule has 3 aliphatic heterocycles. The Morgan fingerprint density at radius 1 is 0.947 bits per heavy atom. The lowest BCUT2D eigenvalue weighted by Crippen LogP contribution is -2.46. The minimum Gasteiger partial charge on any atom is -0.396 e. The van der Waals surface area contributed by atoms with E-state index in [0.717, 1.165) is 0 Å². The van der Waals surface area contributed by atoms with E-state index in [-0.39, 0.29) is 31.8 Å². The van der Waals surface area contributed by atoms with E-state index in [1.54, 1.807) is 0 Å². The molecule has 3 fully saturated rings. The zero-order valence-corrected chi connectivity index (χ0v) is 12.0. The molecular weight excluding hydrogens is 275 g/mol. The Hall–Kier alpha value is 0.150. The van der Waals surface area contributed by atoms with Crippen molar-refractivity contribution in [2.24, 2.45) is 10.8 Å². The van der Waals surface area contributed by atoms with Crippen LogP contribution in [0.1, 0.15) is 13.3 Å². The molecule has 0 radical (unpaired) electrons. The number of fused-ring (bicyclic) bond motifs is 3. The summed E-state index contributed by atoms with van der Waals surface area (Å²) in [5.41, 5.74) is -0.933. The molecule has 0 aliphatic carbocycles. The van der Waals surface area contributed by atoms with Crippen LogP contribution in [0.5, 0.6) is 0 Å². The van der Waals surface area contributed by atoms with Gasteiger partial charge in [0.1, 0.15) is 0 Å². The van der Waals surface area contributed by atoms with Crippen LogP contribution in [0.25, 0.3) is 0 Å². The molecule has 3 saturated heterocycles. The SMILES string of the molecule is CCC(CO)(CO)CO.OCC12COP(OC1)OC2. The molecule has 7 nitrogen and oxygen atoms in total. The van der Waals surface area contributed by atoms with Crippen LogP contribution >= 0.6 is 8.60 Å². The van der Waals surface area contributed by atoms with Crippen LogP contribution in [0, 0.1) is 10.8 Å². The highest BCUT2D eigenvalue weighted by atomic mass is 31.2. The van der Waals surface area contributed by atoms with E-state index in [0.29, 0.717) is 26.2 Å². The number of rotatable bonds is 5. The first kappa shape index (κ1) is 17.2. The highest BCUT2D eigenvalue weighted by Gasteiger charge is 2.44. The minimum atomic E-state index is -1.05. The standard InChI is InChI=1S/C6H14O3.C5H9O4P/c1-2-6(3-7,4-8)5-9;6-1-5-2-7-10(8-3-5)9-4-5/h7-9H,2-5H2,1H3;6H,1-4H2. The molecule has 114 valence electrons. The van der Waals surface area contributed by atoms with E-state index in [1.165, 1.54) is 0 Å². The van der Waals surface area contributed by atoms with Gasteiger partial charge < -0.3 is 34.0 Å². The van der Waals surface area contributed by atoms with Crippen molar-refractivity contribution < 1.29 is 34.0 Å². The van der Waals surface area contributed by atoms with Crippen LogP contribution in [0.4, 0.5) is 0 Å². The van der Waals surface area contributed by atoms with Gasteiger partial charge in [0.05, 0.1) is 51.7 Å². The van der Waals surface area contributed by atoms with Crippen LogP contribution < -0.4 is 0 Å². The molecular formula is C11H23O7P. The third kappa shape index (κ3) is 4.31. The first-order chi connectivity index (χ1) is 9.09. The molecule has 3 aliphatic rings. The van der Waals surface area contributed by atoms with Crippen LogP contribution in [0.3, 0.4) is 0 Å². The highest BCUT2D eigenvalue weighted by molar-refractivity contribution is 7.41. The molecule has 0 spiro atoms. The van der Waals surface area contributed by atoms with Gasteiger partial charge in [-0.1, -0.05) is 6.92 Å². The van der Waals surface area contributed by atoms with Gasteiger partial charge >= 0.3 is 8.60 Å². The van der Waals surface area contributed by atoms with Crippen molar-refractivity contribution in [3.05, 3.63) is 0 Å². The fraction of sp³-hybridized carbons (Fsp3) is 1.00. The van der Waals surface area contributed by atoms with Crippen molar-refractivity contribution in [3.63, 3.8) is 0 Å². The smallest absolute Gasteiger partial charge is 0.332 e. The topological polar surface area (TPSA) is 109 Å². The van der Waals surface area contributed by atoms with Gasteiger partial charge in [-0.2, -0.15) is 0 Å². The molecule has 4 N–H and O–H groups in total. The zero-order chi connectivity index (χ0) is 14.4. The lowest BCUT2D eigenvalue weighted by molar-refractivity contribution is -0.0965. The average molecular weight is 298 g/mol. The summed E-state index contributed by atoms with van der Waals surface area (Å²) in [5.74, 6) is 0. The Kier molecular flexibility index (Phi) is 7.07. The minimum absolute atomic E-state index is 0.0795. The molecule has 0 aromatic rings. The molecule has 0 aromatic heterocycles. The summed E-state index contributed by atoms with van der Waals surface area (Å²) in [6.07, 6.45) is 0.594. The quantitative estimate of drug-likeness (QED) is 0.513. The third-order valence-electron chi connectivity index (χ3n) is 3.52. The predicted molar refractivity (Wildman–Crippen MR) is 68.3 cm³/mol. The molecule has 2 bridgehead atoms. The Morgan fingerprint density at radius 2 is 1.37 bits per heavy atom. The Labute approximate surface area is 114 Å². The fourth-order valence-corrected chi connectivity index (χ4v) is 2.79. The van der Waals surface area contributed by atoms with Crippen LogP contribution in [0.15, 0.2) is 0 Å². The Morgan fingerprint density at radius 3 is 1.53 bits per heavy atom. The Bertz CT molecular complexity index is 220. The molecule has 0 amide bonds. The first-order valence-electron chi connectivity index (χ1n) is 6.21. The number of hydrogen-bond donors (Lipinski definition) is 4. The molecule has 0 atom stereocenters. The van der Waals surface area contributed by atoms with E-state index in [1.807, 2.05) is 6.92 Å². The maximum atomic E-state index is 8.93. The number of hydrogen-bond acceptors (Lipinski definition) is 7. The van der Waals surface area contributed by atoms with Crippen molar-refractivity contribution >= 4 is 8.60 Å². The average Bonchev–Trinajstić information content (AvgIpc) is 2.53. The second-order valence-electron chi connectivity index (χ2n) is 5.03. The van der Waals surface area contributed by atoms with Gasteiger partial charge in [0.25, 0.3) is 0 Å². The second-order valence-corrected chi connectivity index (χ2v) is 6.25. The van der Waals surface area contributed by atoms with Gasteiger partial charge in [0.15, 0.2) is 0 Å². The van der Waals surface area contributed by atoms with Crippen molar-refractivity contribution in [1.82, 2.24) is 0 Å². The molecule has 19 heavy (non-hydrogen) atoms. The van der Waals surface area contributed by atoms with Crippen LogP contribution in [0.2, 0.25) is 0 Å². The van der Waals surface area contributed by atoms with Gasteiger partial charge in [-0.15, -0.1) is 0 Å². The van der Waals surface area contributed by atoms with Crippen LogP contribution in [-0.2, 0) is 13.6 Å². The zero-order valence-electron chi connectivity index (χ0n) is 11.1. The summed E-state index contributed by atoms with van der Waals surface area (Å²) in [7, 11) is -1.05. The van der Waals surface area contributed by atoms with Crippen molar-refractivity contribution in [2.45, 2.75) is 13.3 Å². The van der Waals surface area contributed by atoms with Crippen molar-refractivity contribution in [1.29, 1.82) is 0 Å². The summed E-state index contributed by atoms with van der Waals surface area (Å²) in [6.45, 7) is 3.17. The normalized spacial score (nSPS) is 29.8. The van der Waals surface area contributed by atoms with Crippen molar-refractivity contribution in [3.8, 4) is 0 Å². The van der Waals surface area contributed by atoms with E-state index in [9.17, 15) is 0 Å². The lowest BCUT2D eigenvalue weighted by atomic mass is 9.88. The van der Waals surface area contributed by atoms with Gasteiger partial charge in [0.2, 0.25) is 0 Å². The summed E-state index contributed by atoms with van der Waals surface area (Å²) in [4.78, 5) is 0. The second kappa shape index (κ2) is 7.81. The monoisotopic (exact) mass is 298 g/mol. The Balaban J connectivity index is 0.000000192. The van der Waals surface area contributed by atoms with E-state index in [4.69, 9.17) is 34.0 Å². The number of aliphatic hydroxyl groups excluding tert-OH is 4. The van der Waals surface area contributed by atoms with E-state index < -0.39 is 14.0 Å². The summed E-state index contributed by atoms with van der Waals surface area (Å²) >= 11 is 0. The summed E-state index contributed by atoms with van der Waals surface area (Å²) in [5, 5.41) is 34.9. The maximum Gasteiger partial charge on any atom is 0.332 e. The van der Waals surface area contributed by atoms with Gasteiger partial charge in [0, 0.05) is 5.41 Å². The number of aliphatic hydroxyl groups is 4. The fourth-order valence-electron chi connectivity index (χ4n) is 1.43.